The number of hydrogen-bond acceptors (Lipinski definition) is 2. The Balaban J connectivity index is 2.58. The number of terminal acetylenes is 1. The molecule has 0 bridgehead atoms. The van der Waals surface area contributed by atoms with Gasteiger partial charge < -0.3 is 4.74 Å². The molecule has 1 aromatic carbocycles. The Morgan fingerprint density at radius 3 is 2.93 bits per heavy atom. The lowest BCUT2D eigenvalue weighted by molar-refractivity contribution is 0.415. The molecule has 0 aliphatic rings. The second-order valence-corrected chi connectivity index (χ2v) is 3.04. The molecule has 3 nitrogen and oxygen atoms in total. The lowest BCUT2D eigenvalue weighted by Gasteiger charge is -2.05. The fourth-order valence-electron chi connectivity index (χ4n) is 1.41. The topological polar surface area (TPSA) is 37.9 Å². The van der Waals surface area contributed by atoms with E-state index in [0.29, 0.717) is 0 Å². The summed E-state index contributed by atoms with van der Waals surface area (Å²) in [6.07, 6.45) is 8.96. The van der Waals surface area contributed by atoms with Crippen molar-refractivity contribution < 1.29 is 4.74 Å². The van der Waals surface area contributed by atoms with Crippen molar-refractivity contribution in [2.24, 2.45) is 0 Å². The van der Waals surface area contributed by atoms with E-state index in [1.165, 1.54) is 0 Å². The van der Waals surface area contributed by atoms with Crippen LogP contribution in [0.4, 0.5) is 0 Å². The zero-order valence-electron chi connectivity index (χ0n) is 8.32. The first-order valence-corrected chi connectivity index (χ1v) is 4.49. The molecule has 0 radical (unpaired) electrons. The predicted octanol–water partition coefficient (Wildman–Crippen LogP) is 2.07. The number of hydrogen-bond donors (Lipinski definition) is 1. The molecule has 1 N–H and O–H groups in total. The maximum Gasteiger partial charge on any atom is 0.119 e. The molecule has 0 aliphatic carbocycles. The van der Waals surface area contributed by atoms with E-state index in [1.807, 2.05) is 18.2 Å². The average molecular weight is 198 g/mol. The summed E-state index contributed by atoms with van der Waals surface area (Å²) >= 11 is 0. The molecule has 0 amide bonds. The van der Waals surface area contributed by atoms with Gasteiger partial charge in [0.15, 0.2) is 0 Å². The van der Waals surface area contributed by atoms with E-state index in [4.69, 9.17) is 11.2 Å². The zero-order valence-corrected chi connectivity index (χ0v) is 8.32. The number of ether oxygens (including phenoxy) is 1. The van der Waals surface area contributed by atoms with Crippen LogP contribution in [-0.4, -0.2) is 17.3 Å². The van der Waals surface area contributed by atoms with E-state index in [-0.39, 0.29) is 0 Å². The second kappa shape index (κ2) is 3.89. The highest BCUT2D eigenvalue weighted by molar-refractivity contribution is 5.71. The Kier molecular flexibility index (Phi) is 2.42. The number of benzene rings is 1. The number of aromatic nitrogens is 2. The number of nitrogens with one attached hydrogen (secondary N) is 1. The van der Waals surface area contributed by atoms with E-state index in [1.54, 1.807) is 19.5 Å². The van der Waals surface area contributed by atoms with Crippen LogP contribution in [0.5, 0.6) is 5.75 Å². The summed E-state index contributed by atoms with van der Waals surface area (Å²) in [5, 5.41) is 6.65. The van der Waals surface area contributed by atoms with Crippen LogP contribution in [0.25, 0.3) is 11.1 Å². The van der Waals surface area contributed by atoms with Crippen LogP contribution < -0.4 is 4.74 Å². The Morgan fingerprint density at radius 2 is 2.33 bits per heavy atom. The Hall–Kier alpha value is -2.21. The summed E-state index contributed by atoms with van der Waals surface area (Å²) in [4.78, 5) is 0. The minimum Gasteiger partial charge on any atom is -0.497 e. The van der Waals surface area contributed by atoms with Crippen LogP contribution in [-0.2, 0) is 0 Å². The molecule has 0 aliphatic heterocycles. The third-order valence-corrected chi connectivity index (χ3v) is 2.19. The number of H-pyrrole nitrogens is 1. The Labute approximate surface area is 88.1 Å². The van der Waals surface area contributed by atoms with Crippen molar-refractivity contribution in [2.75, 3.05) is 7.11 Å². The monoisotopic (exact) mass is 198 g/mol. The highest BCUT2D eigenvalue weighted by atomic mass is 16.5. The van der Waals surface area contributed by atoms with Gasteiger partial charge in [0.2, 0.25) is 0 Å². The minimum atomic E-state index is 0.783. The SMILES string of the molecule is C#Cc1ccc(OC)cc1-c1cn[nH]c1. The Bertz CT molecular complexity index is 495. The summed E-state index contributed by atoms with van der Waals surface area (Å²) in [6, 6.07) is 5.61. The summed E-state index contributed by atoms with van der Waals surface area (Å²) in [6.45, 7) is 0. The molecule has 1 heterocycles. The van der Waals surface area contributed by atoms with Crippen molar-refractivity contribution in [1.29, 1.82) is 0 Å². The third-order valence-electron chi connectivity index (χ3n) is 2.19. The molecule has 2 aromatic rings. The summed E-state index contributed by atoms with van der Waals surface area (Å²) in [7, 11) is 1.63. The van der Waals surface area contributed by atoms with Gasteiger partial charge in [-0.3, -0.25) is 5.10 Å². The minimum absolute atomic E-state index is 0.783. The predicted molar refractivity (Wildman–Crippen MR) is 58.5 cm³/mol. The third kappa shape index (κ3) is 1.70. The normalized spacial score (nSPS) is 9.60. The maximum absolute atomic E-state index is 5.43. The molecule has 0 atom stereocenters. The quantitative estimate of drug-likeness (QED) is 0.750. The molecule has 1 aromatic heterocycles. The van der Waals surface area contributed by atoms with Crippen LogP contribution in [0.15, 0.2) is 30.6 Å². The first-order valence-electron chi connectivity index (χ1n) is 4.49. The van der Waals surface area contributed by atoms with Gasteiger partial charge in [-0.2, -0.15) is 5.10 Å². The summed E-state index contributed by atoms with van der Waals surface area (Å²) in [5.41, 5.74) is 2.74. The van der Waals surface area contributed by atoms with Gasteiger partial charge >= 0.3 is 0 Å². The van der Waals surface area contributed by atoms with Crippen molar-refractivity contribution in [3.63, 3.8) is 0 Å². The molecule has 3 heteroatoms. The highest BCUT2D eigenvalue weighted by Gasteiger charge is 2.05. The van der Waals surface area contributed by atoms with Gasteiger partial charge in [0.05, 0.1) is 13.3 Å². The maximum atomic E-state index is 5.43. The standard InChI is InChI=1S/C12H10N2O/c1-3-9-4-5-11(15-2)6-12(9)10-7-13-14-8-10/h1,4-8H,2H3,(H,13,14). The van der Waals surface area contributed by atoms with Crippen molar-refractivity contribution in [3.05, 3.63) is 36.2 Å². The van der Waals surface area contributed by atoms with E-state index >= 15 is 0 Å². The summed E-state index contributed by atoms with van der Waals surface area (Å²) in [5.74, 6) is 3.42. The van der Waals surface area contributed by atoms with Gasteiger partial charge in [-0.1, -0.05) is 5.92 Å². The molecular formula is C12H10N2O. The smallest absolute Gasteiger partial charge is 0.119 e. The molecule has 0 unspecified atom stereocenters. The van der Waals surface area contributed by atoms with Crippen LogP contribution in [0.1, 0.15) is 5.56 Å². The first kappa shape index (κ1) is 9.35. The van der Waals surface area contributed by atoms with Crippen LogP contribution in [0.3, 0.4) is 0 Å². The van der Waals surface area contributed by atoms with Crippen LogP contribution >= 0.6 is 0 Å². The van der Waals surface area contributed by atoms with Crippen LogP contribution in [0, 0.1) is 12.3 Å². The second-order valence-electron chi connectivity index (χ2n) is 3.04. The van der Waals surface area contributed by atoms with Gasteiger partial charge in [0, 0.05) is 22.9 Å². The van der Waals surface area contributed by atoms with Gasteiger partial charge in [-0.25, -0.2) is 0 Å². The van der Waals surface area contributed by atoms with E-state index in [2.05, 4.69) is 16.1 Å². The molecule has 2 rings (SSSR count). The van der Waals surface area contributed by atoms with Gasteiger partial charge in [0.1, 0.15) is 5.75 Å². The molecule has 0 spiro atoms. The number of nitrogens with zero attached hydrogens (tertiary/aromatic N) is 1. The summed E-state index contributed by atoms with van der Waals surface area (Å²) < 4.78 is 5.15. The van der Waals surface area contributed by atoms with Crippen molar-refractivity contribution in [1.82, 2.24) is 10.2 Å². The zero-order chi connectivity index (χ0) is 10.7. The average Bonchev–Trinajstić information content (AvgIpc) is 2.81. The molecular weight excluding hydrogens is 188 g/mol. The van der Waals surface area contributed by atoms with Crippen molar-refractivity contribution in [3.8, 4) is 29.2 Å². The Morgan fingerprint density at radius 1 is 1.47 bits per heavy atom. The molecule has 0 fully saturated rings. The molecule has 15 heavy (non-hydrogen) atoms. The lowest BCUT2D eigenvalue weighted by atomic mass is 10.0. The fourth-order valence-corrected chi connectivity index (χ4v) is 1.41. The van der Waals surface area contributed by atoms with E-state index in [0.717, 1.165) is 22.4 Å². The van der Waals surface area contributed by atoms with Crippen LogP contribution in [0.2, 0.25) is 0 Å². The van der Waals surface area contributed by atoms with Crippen molar-refractivity contribution >= 4 is 0 Å². The van der Waals surface area contributed by atoms with E-state index < -0.39 is 0 Å². The molecule has 0 saturated carbocycles. The van der Waals surface area contributed by atoms with Crippen molar-refractivity contribution in [2.45, 2.75) is 0 Å². The van der Waals surface area contributed by atoms with Gasteiger partial charge in [-0.05, 0) is 18.2 Å². The van der Waals surface area contributed by atoms with E-state index in [9.17, 15) is 0 Å². The number of rotatable bonds is 2. The molecule has 74 valence electrons. The largest absolute Gasteiger partial charge is 0.497 e. The first-order chi connectivity index (χ1) is 7.35. The van der Waals surface area contributed by atoms with Gasteiger partial charge in [-0.15, -0.1) is 6.42 Å². The molecule has 0 saturated heterocycles. The number of methoxy groups -OCH3 is 1. The van der Waals surface area contributed by atoms with Gasteiger partial charge in [0.25, 0.3) is 0 Å². The fraction of sp³-hybridized carbons (Fsp3) is 0.0833. The number of aromatic amines is 1. The highest BCUT2D eigenvalue weighted by Crippen LogP contribution is 2.26. The lowest BCUT2D eigenvalue weighted by Crippen LogP contribution is -1.87.